The Morgan fingerprint density at radius 3 is 2.35 bits per heavy atom. The minimum atomic E-state index is -0.911. The molecule has 4 amide bonds. The van der Waals surface area contributed by atoms with E-state index in [1.54, 1.807) is 18.2 Å². The minimum Gasteiger partial charge on any atom is -0.273 e. The highest BCUT2D eigenvalue weighted by atomic mass is 79.9. The van der Waals surface area contributed by atoms with E-state index < -0.39 is 22.8 Å². The van der Waals surface area contributed by atoms with Gasteiger partial charge < -0.3 is 0 Å². The Balaban J connectivity index is 2.06. The largest absolute Gasteiger partial charge is 0.335 e. The molecule has 1 fully saturated rings. The van der Waals surface area contributed by atoms with Crippen molar-refractivity contribution < 1.29 is 19.3 Å². The van der Waals surface area contributed by atoms with E-state index >= 15 is 0 Å². The van der Waals surface area contributed by atoms with Gasteiger partial charge in [0.05, 0.1) is 16.2 Å². The Bertz CT molecular complexity index is 969. The Kier molecular flexibility index (Phi) is 4.63. The molecule has 1 aliphatic heterocycles. The summed E-state index contributed by atoms with van der Waals surface area (Å²) < 4.78 is 0.748. The minimum absolute atomic E-state index is 0.0844. The van der Waals surface area contributed by atoms with Crippen molar-refractivity contribution in [2.75, 3.05) is 4.90 Å². The lowest BCUT2D eigenvalue weighted by molar-refractivity contribution is -0.385. The smallest absolute Gasteiger partial charge is 0.273 e. The lowest BCUT2D eigenvalue weighted by Crippen LogP contribution is -2.54. The molecule has 0 unspecified atom stereocenters. The number of anilines is 1. The summed E-state index contributed by atoms with van der Waals surface area (Å²) >= 11 is 3.25. The van der Waals surface area contributed by atoms with E-state index in [0.717, 1.165) is 15.4 Å². The Hall–Kier alpha value is -3.33. The van der Waals surface area contributed by atoms with Crippen molar-refractivity contribution in [3.8, 4) is 0 Å². The van der Waals surface area contributed by atoms with Crippen LogP contribution < -0.4 is 10.2 Å². The van der Waals surface area contributed by atoms with Crippen molar-refractivity contribution in [3.63, 3.8) is 0 Å². The first-order valence-corrected chi connectivity index (χ1v) is 8.08. The molecule has 0 saturated carbocycles. The summed E-state index contributed by atoms with van der Waals surface area (Å²) in [4.78, 5) is 48.2. The number of carbonyl (C=O) groups excluding carboxylic acids is 3. The SMILES string of the molecule is O=C1NC(=O)N(c2ccc(Br)cc2)C(=O)/C1=C\c1ccccc1[N+](=O)[O-]. The molecule has 3 rings (SSSR count). The highest BCUT2D eigenvalue weighted by molar-refractivity contribution is 9.10. The molecule has 9 heteroatoms. The van der Waals surface area contributed by atoms with E-state index in [1.807, 2.05) is 0 Å². The number of benzene rings is 2. The van der Waals surface area contributed by atoms with Gasteiger partial charge in [-0.1, -0.05) is 28.1 Å². The molecule has 0 radical (unpaired) electrons. The summed E-state index contributed by atoms with van der Waals surface area (Å²) in [6, 6.07) is 11.1. The number of para-hydroxylation sites is 1. The third kappa shape index (κ3) is 3.24. The summed E-state index contributed by atoms with van der Waals surface area (Å²) in [6.45, 7) is 0. The number of urea groups is 1. The predicted molar refractivity (Wildman–Crippen MR) is 96.2 cm³/mol. The first-order chi connectivity index (χ1) is 12.4. The average molecular weight is 416 g/mol. The van der Waals surface area contributed by atoms with Gasteiger partial charge in [0.2, 0.25) is 0 Å². The molecule has 0 bridgehead atoms. The molecule has 0 spiro atoms. The molecule has 0 aliphatic carbocycles. The summed E-state index contributed by atoms with van der Waals surface area (Å²) in [6.07, 6.45) is 1.11. The summed E-state index contributed by atoms with van der Waals surface area (Å²) in [5.41, 5.74) is -0.285. The number of nitrogens with zero attached hydrogens (tertiary/aromatic N) is 2. The van der Waals surface area contributed by atoms with Crippen LogP contribution in [0.1, 0.15) is 5.56 Å². The van der Waals surface area contributed by atoms with Crippen molar-refractivity contribution >= 4 is 51.2 Å². The summed E-state index contributed by atoms with van der Waals surface area (Å²) in [5.74, 6) is -1.77. The Labute approximate surface area is 155 Å². The lowest BCUT2D eigenvalue weighted by Gasteiger charge is -2.26. The van der Waals surface area contributed by atoms with Crippen LogP contribution >= 0.6 is 15.9 Å². The van der Waals surface area contributed by atoms with Crippen LogP contribution in [0.2, 0.25) is 0 Å². The maximum atomic E-state index is 12.7. The average Bonchev–Trinajstić information content (AvgIpc) is 2.60. The van der Waals surface area contributed by atoms with Gasteiger partial charge in [0, 0.05) is 10.5 Å². The molecule has 0 atom stereocenters. The number of carbonyl (C=O) groups is 3. The third-order valence-corrected chi connectivity index (χ3v) is 4.15. The van der Waals surface area contributed by atoms with Crippen molar-refractivity contribution in [1.29, 1.82) is 0 Å². The van der Waals surface area contributed by atoms with Crippen LogP contribution in [0.4, 0.5) is 16.2 Å². The van der Waals surface area contributed by atoms with E-state index in [4.69, 9.17) is 0 Å². The number of rotatable bonds is 3. The first kappa shape index (κ1) is 17.5. The maximum Gasteiger partial charge on any atom is 0.335 e. The maximum absolute atomic E-state index is 12.7. The number of imide groups is 2. The molecular formula is C17H10BrN3O5. The molecule has 26 heavy (non-hydrogen) atoms. The van der Waals surface area contributed by atoms with Crippen LogP contribution in [-0.2, 0) is 9.59 Å². The molecule has 2 aromatic carbocycles. The first-order valence-electron chi connectivity index (χ1n) is 7.29. The number of nitro benzene ring substituents is 1. The monoisotopic (exact) mass is 415 g/mol. The number of halogens is 1. The number of nitrogens with one attached hydrogen (secondary N) is 1. The van der Waals surface area contributed by atoms with Crippen LogP contribution in [0.25, 0.3) is 6.08 Å². The van der Waals surface area contributed by atoms with Gasteiger partial charge in [-0.15, -0.1) is 0 Å². The molecule has 0 aromatic heterocycles. The fraction of sp³-hybridized carbons (Fsp3) is 0. The fourth-order valence-corrected chi connectivity index (χ4v) is 2.68. The standard InChI is InChI=1S/C17H10BrN3O5/c18-11-5-7-12(8-6-11)20-16(23)13(15(22)19-17(20)24)9-10-3-1-2-4-14(10)21(25)26/h1-9H,(H,19,22,24)/b13-9-. The van der Waals surface area contributed by atoms with Gasteiger partial charge in [-0.2, -0.15) is 0 Å². The number of barbiturate groups is 1. The molecular weight excluding hydrogens is 406 g/mol. The van der Waals surface area contributed by atoms with Gasteiger partial charge in [-0.3, -0.25) is 25.0 Å². The van der Waals surface area contributed by atoms with E-state index in [2.05, 4.69) is 21.2 Å². The van der Waals surface area contributed by atoms with Gasteiger partial charge in [-0.05, 0) is 36.4 Å². The summed E-state index contributed by atoms with van der Waals surface area (Å²) in [7, 11) is 0. The van der Waals surface area contributed by atoms with Crippen molar-refractivity contribution in [1.82, 2.24) is 5.32 Å². The molecule has 1 N–H and O–H groups in total. The highest BCUT2D eigenvalue weighted by Gasteiger charge is 2.37. The Morgan fingerprint density at radius 2 is 1.69 bits per heavy atom. The van der Waals surface area contributed by atoms with Gasteiger partial charge >= 0.3 is 6.03 Å². The number of hydrogen-bond donors (Lipinski definition) is 1. The molecule has 2 aromatic rings. The lowest BCUT2D eigenvalue weighted by atomic mass is 10.1. The zero-order valence-corrected chi connectivity index (χ0v) is 14.6. The molecule has 8 nitrogen and oxygen atoms in total. The fourth-order valence-electron chi connectivity index (χ4n) is 2.41. The number of hydrogen-bond acceptors (Lipinski definition) is 5. The zero-order valence-electron chi connectivity index (χ0n) is 13.0. The molecule has 130 valence electrons. The van der Waals surface area contributed by atoms with Crippen molar-refractivity contribution in [2.45, 2.75) is 0 Å². The van der Waals surface area contributed by atoms with Crippen molar-refractivity contribution in [2.24, 2.45) is 0 Å². The number of nitro groups is 1. The van der Waals surface area contributed by atoms with E-state index in [1.165, 1.54) is 30.3 Å². The van der Waals surface area contributed by atoms with Crippen LogP contribution in [0.5, 0.6) is 0 Å². The summed E-state index contributed by atoms with van der Waals surface area (Å²) in [5, 5.41) is 13.2. The van der Waals surface area contributed by atoms with E-state index in [-0.39, 0.29) is 22.5 Å². The molecule has 1 aliphatic rings. The van der Waals surface area contributed by atoms with Crippen molar-refractivity contribution in [3.05, 3.63) is 74.3 Å². The van der Waals surface area contributed by atoms with Crippen LogP contribution in [0, 0.1) is 10.1 Å². The predicted octanol–water partition coefficient (Wildman–Crippen LogP) is 3.02. The van der Waals surface area contributed by atoms with E-state index in [0.29, 0.717) is 0 Å². The molecule has 1 saturated heterocycles. The van der Waals surface area contributed by atoms with Gasteiger partial charge in [0.15, 0.2) is 0 Å². The third-order valence-electron chi connectivity index (χ3n) is 3.62. The normalized spacial score (nSPS) is 16.0. The van der Waals surface area contributed by atoms with Crippen LogP contribution in [0.3, 0.4) is 0 Å². The van der Waals surface area contributed by atoms with Gasteiger partial charge in [-0.25, -0.2) is 9.69 Å². The zero-order chi connectivity index (χ0) is 18.8. The van der Waals surface area contributed by atoms with Gasteiger partial charge in [0.1, 0.15) is 5.57 Å². The van der Waals surface area contributed by atoms with Crippen LogP contribution in [-0.4, -0.2) is 22.8 Å². The second kappa shape index (κ2) is 6.89. The molecule has 1 heterocycles. The second-order valence-electron chi connectivity index (χ2n) is 5.25. The quantitative estimate of drug-likeness (QED) is 0.358. The second-order valence-corrected chi connectivity index (χ2v) is 6.17. The van der Waals surface area contributed by atoms with E-state index in [9.17, 15) is 24.5 Å². The van der Waals surface area contributed by atoms with Crippen LogP contribution in [0.15, 0.2) is 58.6 Å². The highest BCUT2D eigenvalue weighted by Crippen LogP contribution is 2.26. The Morgan fingerprint density at radius 1 is 1.04 bits per heavy atom. The van der Waals surface area contributed by atoms with Gasteiger partial charge in [0.25, 0.3) is 17.5 Å². The topological polar surface area (TPSA) is 110 Å². The number of amides is 4.